The van der Waals surface area contributed by atoms with Crippen LogP contribution in [-0.4, -0.2) is 34.1 Å². The fraction of sp³-hybridized carbons (Fsp3) is 0.500. The number of carbonyl (C=O) groups is 1. The van der Waals surface area contributed by atoms with Gasteiger partial charge in [0.05, 0.1) is 17.2 Å². The number of benzene rings is 1. The second-order valence-corrected chi connectivity index (χ2v) is 5.82. The van der Waals surface area contributed by atoms with Gasteiger partial charge in [-0.3, -0.25) is 4.79 Å². The van der Waals surface area contributed by atoms with Gasteiger partial charge in [0, 0.05) is 11.6 Å². The van der Waals surface area contributed by atoms with Crippen LogP contribution in [0.25, 0.3) is 0 Å². The molecule has 3 nitrogen and oxygen atoms in total. The molecule has 0 spiro atoms. The highest BCUT2D eigenvalue weighted by Crippen LogP contribution is 2.45. The van der Waals surface area contributed by atoms with Crippen LogP contribution in [0.3, 0.4) is 0 Å². The van der Waals surface area contributed by atoms with Crippen molar-refractivity contribution < 1.29 is 14.3 Å². The third-order valence-corrected chi connectivity index (χ3v) is 4.29. The Morgan fingerprint density at radius 1 is 1.47 bits per heavy atom. The largest absolute Gasteiger partial charge is 0.388 e. The Morgan fingerprint density at radius 2 is 2.21 bits per heavy atom. The molecule has 1 N–H and O–H groups in total. The lowest BCUT2D eigenvalue weighted by Crippen LogP contribution is -2.44. The summed E-state index contributed by atoms with van der Waals surface area (Å²) in [6, 6.07) is 3.79. The van der Waals surface area contributed by atoms with Gasteiger partial charge in [0.25, 0.3) is 5.91 Å². The van der Waals surface area contributed by atoms with Crippen molar-refractivity contribution in [3.8, 4) is 0 Å². The van der Waals surface area contributed by atoms with Gasteiger partial charge in [-0.15, -0.1) is 0 Å². The monoisotopic (exact) mass is 283 g/mol. The van der Waals surface area contributed by atoms with E-state index in [-0.39, 0.29) is 17.5 Å². The summed E-state index contributed by atoms with van der Waals surface area (Å²) in [4.78, 5) is 14.0. The molecule has 102 valence electrons. The first-order valence-electron chi connectivity index (χ1n) is 6.50. The first-order valence-corrected chi connectivity index (χ1v) is 6.87. The molecule has 1 aliphatic heterocycles. The van der Waals surface area contributed by atoms with Gasteiger partial charge in [0.2, 0.25) is 0 Å². The Bertz CT molecular complexity index is 530. The highest BCUT2D eigenvalue weighted by molar-refractivity contribution is 6.31. The molecule has 3 rings (SSSR count). The van der Waals surface area contributed by atoms with E-state index >= 15 is 0 Å². The average Bonchev–Trinajstić information content (AvgIpc) is 2.94. The molecule has 1 aromatic rings. The zero-order chi connectivity index (χ0) is 13.6. The Labute approximate surface area is 116 Å². The van der Waals surface area contributed by atoms with E-state index < -0.39 is 11.4 Å². The van der Waals surface area contributed by atoms with Crippen LogP contribution in [0.1, 0.15) is 36.0 Å². The van der Waals surface area contributed by atoms with Crippen molar-refractivity contribution in [3.05, 3.63) is 34.6 Å². The molecule has 1 heterocycles. The Morgan fingerprint density at radius 3 is 2.89 bits per heavy atom. The standard InChI is InChI=1S/C14H15ClFNO2/c15-9-3-4-11(16)10(8-9)13(18)17-7-1-2-12(17)14(19)5-6-14/h3-4,8,12,19H,1-2,5-7H2. The van der Waals surface area contributed by atoms with Gasteiger partial charge in [-0.1, -0.05) is 11.6 Å². The number of rotatable bonds is 2. The van der Waals surface area contributed by atoms with Crippen LogP contribution in [0.5, 0.6) is 0 Å². The summed E-state index contributed by atoms with van der Waals surface area (Å²) in [6.45, 7) is 0.567. The molecule has 1 unspecified atom stereocenters. The molecule has 2 fully saturated rings. The van der Waals surface area contributed by atoms with Crippen LogP contribution >= 0.6 is 11.6 Å². The topological polar surface area (TPSA) is 40.5 Å². The predicted octanol–water partition coefficient (Wildman–Crippen LogP) is 2.61. The molecule has 1 aromatic carbocycles. The summed E-state index contributed by atoms with van der Waals surface area (Å²) in [5, 5.41) is 10.5. The van der Waals surface area contributed by atoms with E-state index in [9.17, 15) is 14.3 Å². The number of amides is 1. The summed E-state index contributed by atoms with van der Waals surface area (Å²) in [6.07, 6.45) is 3.07. The van der Waals surface area contributed by atoms with Crippen molar-refractivity contribution in [2.45, 2.75) is 37.3 Å². The van der Waals surface area contributed by atoms with Crippen LogP contribution in [0, 0.1) is 5.82 Å². The lowest BCUT2D eigenvalue weighted by Gasteiger charge is -2.29. The van der Waals surface area contributed by atoms with E-state index in [2.05, 4.69) is 0 Å². The fourth-order valence-corrected chi connectivity index (χ4v) is 3.02. The van der Waals surface area contributed by atoms with Crippen LogP contribution in [0.2, 0.25) is 5.02 Å². The molecule has 1 atom stereocenters. The second-order valence-electron chi connectivity index (χ2n) is 5.38. The molecule has 1 amide bonds. The molecule has 1 aliphatic carbocycles. The highest BCUT2D eigenvalue weighted by Gasteiger charge is 2.52. The number of nitrogens with zero attached hydrogens (tertiary/aromatic N) is 1. The normalized spacial score (nSPS) is 24.6. The molecule has 0 bridgehead atoms. The van der Waals surface area contributed by atoms with E-state index in [0.29, 0.717) is 11.6 Å². The Kier molecular flexibility index (Phi) is 3.02. The van der Waals surface area contributed by atoms with Gasteiger partial charge in [-0.25, -0.2) is 4.39 Å². The number of aliphatic hydroxyl groups is 1. The van der Waals surface area contributed by atoms with Crippen LogP contribution in [-0.2, 0) is 0 Å². The molecule has 0 radical (unpaired) electrons. The number of likely N-dealkylation sites (tertiary alicyclic amines) is 1. The van der Waals surface area contributed by atoms with Crippen LogP contribution < -0.4 is 0 Å². The minimum absolute atomic E-state index is 0.0105. The Hall–Kier alpha value is -1.13. The van der Waals surface area contributed by atoms with Gasteiger partial charge in [0.1, 0.15) is 5.82 Å². The molecule has 5 heteroatoms. The van der Waals surface area contributed by atoms with Crippen molar-refractivity contribution in [2.24, 2.45) is 0 Å². The molecule has 1 saturated heterocycles. The second kappa shape index (κ2) is 4.46. The van der Waals surface area contributed by atoms with E-state index in [0.717, 1.165) is 25.7 Å². The van der Waals surface area contributed by atoms with Crippen molar-refractivity contribution in [2.75, 3.05) is 6.54 Å². The molecule has 19 heavy (non-hydrogen) atoms. The van der Waals surface area contributed by atoms with Crippen LogP contribution in [0.15, 0.2) is 18.2 Å². The van der Waals surface area contributed by atoms with Crippen molar-refractivity contribution in [3.63, 3.8) is 0 Å². The lowest BCUT2D eigenvalue weighted by molar-refractivity contribution is 0.0383. The minimum Gasteiger partial charge on any atom is -0.388 e. The summed E-state index contributed by atoms with van der Waals surface area (Å²) in [7, 11) is 0. The summed E-state index contributed by atoms with van der Waals surface area (Å²) in [5.41, 5.74) is -0.759. The summed E-state index contributed by atoms with van der Waals surface area (Å²) < 4.78 is 13.7. The van der Waals surface area contributed by atoms with Crippen molar-refractivity contribution in [1.82, 2.24) is 4.90 Å². The van der Waals surface area contributed by atoms with E-state index in [1.54, 1.807) is 4.90 Å². The maximum absolute atomic E-state index is 13.7. The zero-order valence-corrected chi connectivity index (χ0v) is 11.2. The van der Waals surface area contributed by atoms with Gasteiger partial charge in [0.15, 0.2) is 0 Å². The average molecular weight is 284 g/mol. The van der Waals surface area contributed by atoms with E-state index in [1.165, 1.54) is 18.2 Å². The van der Waals surface area contributed by atoms with Crippen molar-refractivity contribution in [1.29, 1.82) is 0 Å². The summed E-state index contributed by atoms with van der Waals surface area (Å²) >= 11 is 5.82. The van der Waals surface area contributed by atoms with Gasteiger partial charge >= 0.3 is 0 Å². The van der Waals surface area contributed by atoms with Gasteiger partial charge < -0.3 is 10.0 Å². The number of hydrogen-bond acceptors (Lipinski definition) is 2. The van der Waals surface area contributed by atoms with E-state index in [4.69, 9.17) is 11.6 Å². The third kappa shape index (κ3) is 2.23. The van der Waals surface area contributed by atoms with Crippen LogP contribution in [0.4, 0.5) is 4.39 Å². The molecular formula is C14H15ClFNO2. The lowest BCUT2D eigenvalue weighted by atomic mass is 10.1. The van der Waals surface area contributed by atoms with E-state index in [1.807, 2.05) is 0 Å². The third-order valence-electron chi connectivity index (χ3n) is 4.06. The van der Waals surface area contributed by atoms with Gasteiger partial charge in [-0.05, 0) is 43.9 Å². The zero-order valence-electron chi connectivity index (χ0n) is 10.4. The molecule has 2 aliphatic rings. The molecule has 0 aromatic heterocycles. The first kappa shape index (κ1) is 12.9. The fourth-order valence-electron chi connectivity index (χ4n) is 2.85. The maximum Gasteiger partial charge on any atom is 0.257 e. The summed E-state index contributed by atoms with van der Waals surface area (Å²) in [5.74, 6) is -0.939. The SMILES string of the molecule is O=C(c1cc(Cl)ccc1F)N1CCCC1C1(O)CC1. The maximum atomic E-state index is 13.7. The predicted molar refractivity (Wildman–Crippen MR) is 69.7 cm³/mol. The molecular weight excluding hydrogens is 269 g/mol. The smallest absolute Gasteiger partial charge is 0.257 e. The first-order chi connectivity index (χ1) is 9.01. The van der Waals surface area contributed by atoms with Gasteiger partial charge in [-0.2, -0.15) is 0 Å². The minimum atomic E-state index is -0.749. The quantitative estimate of drug-likeness (QED) is 0.906. The highest BCUT2D eigenvalue weighted by atomic mass is 35.5. The number of carbonyl (C=O) groups excluding carboxylic acids is 1. The number of halogens is 2. The van der Waals surface area contributed by atoms with Crippen molar-refractivity contribution >= 4 is 17.5 Å². The molecule has 1 saturated carbocycles. The Balaban J connectivity index is 1.89. The number of hydrogen-bond donors (Lipinski definition) is 1.